The van der Waals surface area contributed by atoms with E-state index >= 15 is 0 Å². The first kappa shape index (κ1) is 14.5. The van der Waals surface area contributed by atoms with Crippen LogP contribution in [0.4, 0.5) is 0 Å². The van der Waals surface area contributed by atoms with Gasteiger partial charge < -0.3 is 9.67 Å². The molecule has 0 aliphatic carbocycles. The molecule has 1 N–H and O–H groups in total. The summed E-state index contributed by atoms with van der Waals surface area (Å²) in [5.41, 5.74) is 2.23. The van der Waals surface area contributed by atoms with Crippen molar-refractivity contribution in [2.75, 3.05) is 5.75 Å². The van der Waals surface area contributed by atoms with Gasteiger partial charge >= 0.3 is 5.97 Å². The summed E-state index contributed by atoms with van der Waals surface area (Å²) < 4.78 is 1.97. The quantitative estimate of drug-likeness (QED) is 0.817. The van der Waals surface area contributed by atoms with Crippen LogP contribution in [0.2, 0.25) is 0 Å². The summed E-state index contributed by atoms with van der Waals surface area (Å²) in [6.07, 6.45) is 4.32. The molecular formula is C13H16N4O2S. The van der Waals surface area contributed by atoms with Crippen LogP contribution in [0, 0.1) is 6.92 Å². The predicted molar refractivity (Wildman–Crippen MR) is 75.8 cm³/mol. The van der Waals surface area contributed by atoms with E-state index in [1.165, 1.54) is 11.8 Å². The number of hydrogen-bond acceptors (Lipinski definition) is 5. The Labute approximate surface area is 121 Å². The summed E-state index contributed by atoms with van der Waals surface area (Å²) in [7, 11) is 0. The standard InChI is InChI=1S/C13H16N4O2S/c1-3-11-15-16-13(20-8-12(18)19)17(11)7-10-4-5-14-6-9(10)2/h4-6H,3,7-8H2,1-2H3,(H,18,19). The number of aryl methyl sites for hydroxylation is 2. The Morgan fingerprint density at radius 3 is 2.90 bits per heavy atom. The van der Waals surface area contributed by atoms with E-state index in [-0.39, 0.29) is 5.75 Å². The molecule has 0 spiro atoms. The zero-order chi connectivity index (χ0) is 14.5. The van der Waals surface area contributed by atoms with Crippen molar-refractivity contribution in [1.29, 1.82) is 0 Å². The van der Waals surface area contributed by atoms with Crippen LogP contribution in [0.3, 0.4) is 0 Å². The minimum absolute atomic E-state index is 0.0167. The molecule has 6 nitrogen and oxygen atoms in total. The van der Waals surface area contributed by atoms with Gasteiger partial charge in [0.25, 0.3) is 0 Å². The van der Waals surface area contributed by atoms with Crippen LogP contribution in [0.1, 0.15) is 23.9 Å². The van der Waals surface area contributed by atoms with Crippen LogP contribution in [-0.2, 0) is 17.8 Å². The van der Waals surface area contributed by atoms with Crippen molar-refractivity contribution in [3.63, 3.8) is 0 Å². The summed E-state index contributed by atoms with van der Waals surface area (Å²) in [6, 6.07) is 1.96. The van der Waals surface area contributed by atoms with Crippen molar-refractivity contribution in [2.45, 2.75) is 32.0 Å². The molecule has 0 atom stereocenters. The van der Waals surface area contributed by atoms with E-state index in [1.54, 1.807) is 6.20 Å². The molecule has 0 saturated heterocycles. The number of thioether (sulfide) groups is 1. The third-order valence-electron chi connectivity index (χ3n) is 2.90. The van der Waals surface area contributed by atoms with E-state index in [4.69, 9.17) is 5.11 Å². The number of carbonyl (C=O) groups is 1. The highest BCUT2D eigenvalue weighted by Crippen LogP contribution is 2.19. The van der Waals surface area contributed by atoms with E-state index in [0.29, 0.717) is 11.7 Å². The third-order valence-corrected chi connectivity index (χ3v) is 3.85. The second-order valence-corrected chi connectivity index (χ2v) is 5.27. The van der Waals surface area contributed by atoms with Crippen LogP contribution < -0.4 is 0 Å². The highest BCUT2D eigenvalue weighted by atomic mass is 32.2. The van der Waals surface area contributed by atoms with Gasteiger partial charge in [-0.3, -0.25) is 9.78 Å². The van der Waals surface area contributed by atoms with Crippen LogP contribution >= 0.6 is 11.8 Å². The van der Waals surface area contributed by atoms with Crippen LogP contribution in [0.15, 0.2) is 23.6 Å². The Hall–Kier alpha value is -1.89. The molecule has 7 heteroatoms. The van der Waals surface area contributed by atoms with Gasteiger partial charge in [0.1, 0.15) is 5.82 Å². The molecule has 2 aromatic rings. The number of aliphatic carboxylic acids is 1. The van der Waals surface area contributed by atoms with Crippen LogP contribution in [-0.4, -0.2) is 36.6 Å². The molecular weight excluding hydrogens is 276 g/mol. The topological polar surface area (TPSA) is 80.9 Å². The number of rotatable bonds is 6. The molecule has 0 unspecified atom stereocenters. The normalized spacial score (nSPS) is 10.7. The van der Waals surface area contributed by atoms with Gasteiger partial charge in [0.05, 0.1) is 12.3 Å². The zero-order valence-corrected chi connectivity index (χ0v) is 12.2. The van der Waals surface area contributed by atoms with Gasteiger partial charge in [0, 0.05) is 18.8 Å². The van der Waals surface area contributed by atoms with Gasteiger partial charge in [-0.05, 0) is 24.1 Å². The maximum absolute atomic E-state index is 10.7. The highest BCUT2D eigenvalue weighted by Gasteiger charge is 2.13. The smallest absolute Gasteiger partial charge is 0.313 e. The minimum atomic E-state index is -0.859. The molecule has 106 valence electrons. The van der Waals surface area contributed by atoms with Crippen molar-refractivity contribution < 1.29 is 9.90 Å². The molecule has 0 saturated carbocycles. The first-order chi connectivity index (χ1) is 9.61. The third kappa shape index (κ3) is 3.36. The Balaban J connectivity index is 2.27. The van der Waals surface area contributed by atoms with Crippen molar-refractivity contribution in [3.05, 3.63) is 35.4 Å². The van der Waals surface area contributed by atoms with Gasteiger partial charge in [-0.25, -0.2) is 0 Å². The van der Waals surface area contributed by atoms with Crippen molar-refractivity contribution in [1.82, 2.24) is 19.7 Å². The Morgan fingerprint density at radius 1 is 1.45 bits per heavy atom. The number of carboxylic acid groups (broad SMARTS) is 1. The van der Waals surface area contributed by atoms with Gasteiger partial charge in [-0.15, -0.1) is 10.2 Å². The SMILES string of the molecule is CCc1nnc(SCC(=O)O)n1Cc1ccncc1C. The maximum Gasteiger partial charge on any atom is 0.313 e. The van der Waals surface area contributed by atoms with Crippen molar-refractivity contribution in [2.24, 2.45) is 0 Å². The molecule has 0 aliphatic rings. The number of carboxylic acids is 1. The number of hydrogen-bond donors (Lipinski definition) is 1. The van der Waals surface area contributed by atoms with Crippen LogP contribution in [0.5, 0.6) is 0 Å². The fourth-order valence-electron chi connectivity index (χ4n) is 1.82. The van der Waals surface area contributed by atoms with E-state index in [2.05, 4.69) is 15.2 Å². The van der Waals surface area contributed by atoms with E-state index in [1.807, 2.05) is 30.7 Å². The monoisotopic (exact) mass is 292 g/mol. The maximum atomic E-state index is 10.7. The van der Waals surface area contributed by atoms with Crippen LogP contribution in [0.25, 0.3) is 0 Å². The molecule has 0 radical (unpaired) electrons. The Morgan fingerprint density at radius 2 is 2.25 bits per heavy atom. The van der Waals surface area contributed by atoms with E-state index < -0.39 is 5.97 Å². The first-order valence-corrected chi connectivity index (χ1v) is 7.26. The molecule has 0 bridgehead atoms. The average Bonchev–Trinajstić information content (AvgIpc) is 2.81. The molecule has 2 heterocycles. The van der Waals surface area contributed by atoms with E-state index in [0.717, 1.165) is 23.4 Å². The Bertz CT molecular complexity index is 612. The largest absolute Gasteiger partial charge is 0.481 e. The molecule has 20 heavy (non-hydrogen) atoms. The lowest BCUT2D eigenvalue weighted by Crippen LogP contribution is -2.08. The summed E-state index contributed by atoms with van der Waals surface area (Å²) >= 11 is 1.19. The van der Waals surface area contributed by atoms with Gasteiger partial charge in [-0.1, -0.05) is 18.7 Å². The lowest BCUT2D eigenvalue weighted by atomic mass is 10.1. The number of pyridine rings is 1. The molecule has 0 amide bonds. The average molecular weight is 292 g/mol. The first-order valence-electron chi connectivity index (χ1n) is 6.28. The van der Waals surface area contributed by atoms with Gasteiger partial charge in [0.2, 0.25) is 0 Å². The number of aromatic nitrogens is 4. The van der Waals surface area contributed by atoms with Crippen molar-refractivity contribution >= 4 is 17.7 Å². The fraction of sp³-hybridized carbons (Fsp3) is 0.385. The minimum Gasteiger partial charge on any atom is -0.481 e. The molecule has 0 aliphatic heterocycles. The molecule has 0 aromatic carbocycles. The number of nitrogens with zero attached hydrogens (tertiary/aromatic N) is 4. The highest BCUT2D eigenvalue weighted by molar-refractivity contribution is 7.99. The Kier molecular flexibility index (Phi) is 4.73. The van der Waals surface area contributed by atoms with Crippen molar-refractivity contribution in [3.8, 4) is 0 Å². The van der Waals surface area contributed by atoms with E-state index in [9.17, 15) is 4.79 Å². The second kappa shape index (κ2) is 6.51. The zero-order valence-electron chi connectivity index (χ0n) is 11.4. The molecule has 0 fully saturated rings. The summed E-state index contributed by atoms with van der Waals surface area (Å²) in [4.78, 5) is 14.8. The summed E-state index contributed by atoms with van der Waals surface area (Å²) in [6.45, 7) is 4.64. The summed E-state index contributed by atoms with van der Waals surface area (Å²) in [5, 5.41) is 17.6. The molecule has 2 aromatic heterocycles. The fourth-order valence-corrected chi connectivity index (χ4v) is 2.50. The predicted octanol–water partition coefficient (Wildman–Crippen LogP) is 1.77. The van der Waals surface area contributed by atoms with Gasteiger partial charge in [0.15, 0.2) is 5.16 Å². The van der Waals surface area contributed by atoms with Gasteiger partial charge in [-0.2, -0.15) is 0 Å². The lowest BCUT2D eigenvalue weighted by molar-refractivity contribution is -0.133. The summed E-state index contributed by atoms with van der Waals surface area (Å²) in [5.74, 6) is -0.0197. The second-order valence-electron chi connectivity index (χ2n) is 4.32. The lowest BCUT2D eigenvalue weighted by Gasteiger charge is -2.10. The molecule has 2 rings (SSSR count).